The predicted octanol–water partition coefficient (Wildman–Crippen LogP) is 2.71. The quantitative estimate of drug-likeness (QED) is 0.599. The Hall–Kier alpha value is 0.0700. The summed E-state index contributed by atoms with van der Waals surface area (Å²) in [7, 11) is -0.698. The molecule has 0 amide bonds. The van der Waals surface area contributed by atoms with E-state index in [2.05, 4.69) is 0 Å². The molecular weight excluding hydrogens is 236 g/mol. The second kappa shape index (κ2) is 9.06. The van der Waals surface area contributed by atoms with Crippen LogP contribution < -0.4 is 0 Å². The third kappa shape index (κ3) is 6.53. The molecule has 0 aromatic heterocycles. The van der Waals surface area contributed by atoms with E-state index in [-0.39, 0.29) is 6.29 Å². The van der Waals surface area contributed by atoms with Crippen molar-refractivity contribution in [3.8, 4) is 0 Å². The normalized spacial score (nSPS) is 19.0. The van der Waals surface area contributed by atoms with Crippen molar-refractivity contribution >= 4 is 10.8 Å². The smallest absolute Gasteiger partial charge is 0.158 e. The second-order valence-corrected chi connectivity index (χ2v) is 6.21. The Balaban J connectivity index is 2.15. The summed E-state index contributed by atoms with van der Waals surface area (Å²) in [6, 6.07) is 0. The fourth-order valence-corrected chi connectivity index (χ4v) is 3.82. The summed E-state index contributed by atoms with van der Waals surface area (Å²) >= 11 is 0. The lowest BCUT2D eigenvalue weighted by atomic mass is 10.1. The van der Waals surface area contributed by atoms with Crippen molar-refractivity contribution in [3.63, 3.8) is 0 Å². The van der Waals surface area contributed by atoms with Crippen LogP contribution in [0.1, 0.15) is 46.0 Å². The molecule has 1 rings (SSSR count). The van der Waals surface area contributed by atoms with Gasteiger partial charge in [-0.3, -0.25) is 4.21 Å². The van der Waals surface area contributed by atoms with E-state index in [0.717, 1.165) is 12.2 Å². The average Bonchev–Trinajstić information content (AvgIpc) is 2.79. The van der Waals surface area contributed by atoms with Crippen LogP contribution in [0.4, 0.5) is 0 Å². The molecule has 4 heteroatoms. The highest BCUT2D eigenvalue weighted by Gasteiger charge is 2.18. The molecule has 0 spiro atoms. The minimum absolute atomic E-state index is 0.169. The number of hydrogen-bond donors (Lipinski definition) is 0. The molecule has 1 fully saturated rings. The molecule has 1 atom stereocenters. The number of rotatable bonds is 9. The van der Waals surface area contributed by atoms with Crippen LogP contribution >= 0.6 is 0 Å². The Bertz CT molecular complexity index is 209. The molecule has 1 aliphatic carbocycles. The molecule has 3 nitrogen and oxygen atoms in total. The fourth-order valence-electron chi connectivity index (χ4n) is 2.34. The summed E-state index contributed by atoms with van der Waals surface area (Å²) in [5.41, 5.74) is 0. The third-order valence-electron chi connectivity index (χ3n) is 3.18. The van der Waals surface area contributed by atoms with E-state index in [0.29, 0.717) is 24.9 Å². The molecular formula is C13H26O3S. The Morgan fingerprint density at radius 3 is 2.29 bits per heavy atom. The van der Waals surface area contributed by atoms with Gasteiger partial charge in [-0.15, -0.1) is 0 Å². The Kier molecular flexibility index (Phi) is 8.06. The first-order chi connectivity index (χ1) is 8.26. The highest BCUT2D eigenvalue weighted by molar-refractivity contribution is 7.84. The van der Waals surface area contributed by atoms with Crippen molar-refractivity contribution in [2.45, 2.75) is 52.2 Å². The molecule has 102 valence electrons. The van der Waals surface area contributed by atoms with Gasteiger partial charge in [0.25, 0.3) is 0 Å². The standard InChI is InChI=1S/C13H26O3S/c1-3-15-13(16-4-2)9-10-17(14)11-12-7-5-6-8-12/h12-13H,3-11H2,1-2H3. The van der Waals surface area contributed by atoms with Crippen LogP contribution in [0.5, 0.6) is 0 Å². The largest absolute Gasteiger partial charge is 0.353 e. The lowest BCUT2D eigenvalue weighted by Gasteiger charge is -2.17. The predicted molar refractivity (Wildman–Crippen MR) is 71.5 cm³/mol. The Morgan fingerprint density at radius 2 is 1.76 bits per heavy atom. The Labute approximate surface area is 108 Å². The van der Waals surface area contributed by atoms with E-state index < -0.39 is 10.8 Å². The lowest BCUT2D eigenvalue weighted by molar-refractivity contribution is -0.136. The Morgan fingerprint density at radius 1 is 1.18 bits per heavy atom. The zero-order valence-electron chi connectivity index (χ0n) is 11.2. The van der Waals surface area contributed by atoms with Crippen molar-refractivity contribution in [1.29, 1.82) is 0 Å². The van der Waals surface area contributed by atoms with Gasteiger partial charge >= 0.3 is 0 Å². The molecule has 1 saturated carbocycles. The van der Waals surface area contributed by atoms with Crippen molar-refractivity contribution in [3.05, 3.63) is 0 Å². The van der Waals surface area contributed by atoms with Crippen LogP contribution in [0.25, 0.3) is 0 Å². The van der Waals surface area contributed by atoms with Gasteiger partial charge in [0.1, 0.15) is 0 Å². The fraction of sp³-hybridized carbons (Fsp3) is 1.00. The summed E-state index contributed by atoms with van der Waals surface area (Å²) in [5.74, 6) is 2.29. The molecule has 0 aromatic rings. The number of ether oxygens (including phenoxy) is 2. The topological polar surface area (TPSA) is 35.5 Å². The molecule has 1 unspecified atom stereocenters. The zero-order chi connectivity index (χ0) is 12.5. The van der Waals surface area contributed by atoms with Crippen LogP contribution in [-0.4, -0.2) is 35.2 Å². The van der Waals surface area contributed by atoms with Crippen molar-refractivity contribution in [1.82, 2.24) is 0 Å². The summed E-state index contributed by atoms with van der Waals surface area (Å²) in [6.45, 7) is 5.23. The highest BCUT2D eigenvalue weighted by atomic mass is 32.2. The molecule has 17 heavy (non-hydrogen) atoms. The van der Waals surface area contributed by atoms with E-state index in [1.54, 1.807) is 0 Å². The first kappa shape index (κ1) is 15.1. The van der Waals surface area contributed by atoms with Crippen LogP contribution in [0.3, 0.4) is 0 Å². The van der Waals surface area contributed by atoms with Gasteiger partial charge in [0.15, 0.2) is 6.29 Å². The second-order valence-electron chi connectivity index (χ2n) is 4.59. The van der Waals surface area contributed by atoms with Crippen LogP contribution in [0.15, 0.2) is 0 Å². The number of hydrogen-bond acceptors (Lipinski definition) is 3. The molecule has 0 aliphatic heterocycles. The lowest BCUT2D eigenvalue weighted by Crippen LogP contribution is -2.21. The van der Waals surface area contributed by atoms with Gasteiger partial charge in [-0.05, 0) is 32.6 Å². The summed E-state index contributed by atoms with van der Waals surface area (Å²) in [4.78, 5) is 0. The van der Waals surface area contributed by atoms with Crippen molar-refractivity contribution in [2.75, 3.05) is 24.7 Å². The van der Waals surface area contributed by atoms with Gasteiger partial charge in [0, 0.05) is 41.9 Å². The third-order valence-corrected chi connectivity index (χ3v) is 4.72. The molecule has 0 N–H and O–H groups in total. The maximum absolute atomic E-state index is 11.9. The van der Waals surface area contributed by atoms with Gasteiger partial charge in [-0.1, -0.05) is 12.8 Å². The maximum atomic E-state index is 11.9. The summed E-state index contributed by atoms with van der Waals surface area (Å²) in [6.07, 6.45) is 5.77. The molecule has 0 aromatic carbocycles. The van der Waals surface area contributed by atoms with E-state index in [4.69, 9.17) is 9.47 Å². The molecule has 0 heterocycles. The van der Waals surface area contributed by atoms with Crippen LogP contribution in [0, 0.1) is 5.92 Å². The van der Waals surface area contributed by atoms with Gasteiger partial charge in [0.05, 0.1) is 0 Å². The monoisotopic (exact) mass is 262 g/mol. The van der Waals surface area contributed by atoms with Gasteiger partial charge in [0.2, 0.25) is 0 Å². The average molecular weight is 262 g/mol. The van der Waals surface area contributed by atoms with E-state index >= 15 is 0 Å². The zero-order valence-corrected chi connectivity index (χ0v) is 12.0. The van der Waals surface area contributed by atoms with Gasteiger partial charge < -0.3 is 9.47 Å². The van der Waals surface area contributed by atoms with Crippen LogP contribution in [-0.2, 0) is 20.3 Å². The van der Waals surface area contributed by atoms with Crippen molar-refractivity contribution in [2.24, 2.45) is 5.92 Å². The summed E-state index contributed by atoms with van der Waals surface area (Å²) in [5, 5.41) is 0. The maximum Gasteiger partial charge on any atom is 0.158 e. The van der Waals surface area contributed by atoms with E-state index in [1.165, 1.54) is 25.7 Å². The molecule has 0 saturated heterocycles. The molecule has 0 bridgehead atoms. The molecule has 1 aliphatic rings. The first-order valence-corrected chi connectivity index (χ1v) is 8.33. The minimum atomic E-state index is -0.698. The first-order valence-electron chi connectivity index (χ1n) is 6.84. The SMILES string of the molecule is CCOC(CCS(=O)CC1CCCC1)OCC. The summed E-state index contributed by atoms with van der Waals surface area (Å²) < 4.78 is 22.8. The van der Waals surface area contributed by atoms with Gasteiger partial charge in [-0.2, -0.15) is 0 Å². The van der Waals surface area contributed by atoms with Crippen molar-refractivity contribution < 1.29 is 13.7 Å². The van der Waals surface area contributed by atoms with E-state index in [1.807, 2.05) is 13.8 Å². The van der Waals surface area contributed by atoms with Gasteiger partial charge in [-0.25, -0.2) is 0 Å². The highest BCUT2D eigenvalue weighted by Crippen LogP contribution is 2.25. The molecule has 0 radical (unpaired) electrons. The van der Waals surface area contributed by atoms with E-state index in [9.17, 15) is 4.21 Å². The minimum Gasteiger partial charge on any atom is -0.353 e. The van der Waals surface area contributed by atoms with Crippen LogP contribution in [0.2, 0.25) is 0 Å².